The van der Waals surface area contributed by atoms with E-state index in [9.17, 15) is 0 Å². The van der Waals surface area contributed by atoms with Crippen LogP contribution in [-0.2, 0) is 18.3 Å². The van der Waals surface area contributed by atoms with Crippen molar-refractivity contribution in [2.24, 2.45) is 0 Å². The van der Waals surface area contributed by atoms with E-state index in [4.69, 9.17) is 9.47 Å². The molecule has 4 heteroatoms. The van der Waals surface area contributed by atoms with Crippen LogP contribution in [0.5, 0.6) is 11.5 Å². The van der Waals surface area contributed by atoms with E-state index in [-0.39, 0.29) is 5.16 Å². The minimum atomic E-state index is -0.00143. The lowest BCUT2D eigenvalue weighted by Crippen LogP contribution is -2.31. The summed E-state index contributed by atoms with van der Waals surface area (Å²) >= 11 is 0. The first-order chi connectivity index (χ1) is 17.2. The van der Waals surface area contributed by atoms with E-state index < -0.39 is 0 Å². The molecule has 3 aromatic carbocycles. The van der Waals surface area contributed by atoms with E-state index in [0.717, 1.165) is 36.4 Å². The summed E-state index contributed by atoms with van der Waals surface area (Å²) in [6.07, 6.45) is 6.12. The van der Waals surface area contributed by atoms with Crippen molar-refractivity contribution in [3.05, 3.63) is 89.5 Å². The van der Waals surface area contributed by atoms with Gasteiger partial charge in [0.05, 0.1) is 7.11 Å². The number of hydrogen-bond acceptors (Lipinski definition) is 3. The Kier molecular flexibility index (Phi) is 9.24. The van der Waals surface area contributed by atoms with Crippen LogP contribution >= 0.6 is 8.58 Å². The Bertz CT molecular complexity index is 1060. The Labute approximate surface area is 213 Å². The van der Waals surface area contributed by atoms with E-state index in [1.165, 1.54) is 48.8 Å². The minimum Gasteiger partial charge on any atom is -0.493 e. The molecule has 0 amide bonds. The average Bonchev–Trinajstić information content (AvgIpc) is 2.92. The van der Waals surface area contributed by atoms with Crippen molar-refractivity contribution in [3.63, 3.8) is 0 Å². The van der Waals surface area contributed by atoms with Crippen molar-refractivity contribution in [2.45, 2.75) is 64.3 Å². The van der Waals surface area contributed by atoms with Crippen LogP contribution in [0.3, 0.4) is 0 Å². The number of para-hydroxylation sites is 1. The number of rotatable bonds is 11. The maximum atomic E-state index is 6.52. The van der Waals surface area contributed by atoms with Crippen LogP contribution in [0.4, 0.5) is 0 Å². The lowest BCUT2D eigenvalue weighted by molar-refractivity contribution is 0.221. The van der Waals surface area contributed by atoms with Crippen molar-refractivity contribution in [1.82, 2.24) is 4.90 Å². The zero-order valence-electron chi connectivity index (χ0n) is 21.6. The highest BCUT2D eigenvalue weighted by Crippen LogP contribution is 2.52. The molecule has 0 saturated carbocycles. The van der Waals surface area contributed by atoms with Gasteiger partial charge in [-0.2, -0.15) is 0 Å². The van der Waals surface area contributed by atoms with Crippen molar-refractivity contribution in [3.8, 4) is 11.5 Å². The van der Waals surface area contributed by atoms with Gasteiger partial charge in [-0.05, 0) is 61.3 Å². The summed E-state index contributed by atoms with van der Waals surface area (Å²) in [5.41, 5.74) is 3.91. The van der Waals surface area contributed by atoms with Gasteiger partial charge in [-0.15, -0.1) is 0 Å². The third kappa shape index (κ3) is 6.26. The fourth-order valence-electron chi connectivity index (χ4n) is 5.20. The summed E-state index contributed by atoms with van der Waals surface area (Å²) in [6, 6.07) is 25.9. The molecule has 0 aromatic heterocycles. The molecule has 0 aliphatic carbocycles. The van der Waals surface area contributed by atoms with E-state index in [1.54, 1.807) is 7.11 Å². The Balaban J connectivity index is 1.66. The normalized spacial score (nSPS) is 14.9. The molecule has 3 nitrogen and oxygen atoms in total. The largest absolute Gasteiger partial charge is 0.493 e. The molecule has 1 fully saturated rings. The van der Waals surface area contributed by atoms with Crippen LogP contribution in [0.25, 0.3) is 0 Å². The predicted molar refractivity (Wildman–Crippen MR) is 150 cm³/mol. The maximum absolute atomic E-state index is 6.52. The van der Waals surface area contributed by atoms with Gasteiger partial charge in [-0.25, -0.2) is 0 Å². The molecule has 1 heterocycles. The summed E-state index contributed by atoms with van der Waals surface area (Å²) in [6.45, 7) is 8.68. The van der Waals surface area contributed by atoms with Crippen LogP contribution in [0.15, 0.2) is 72.8 Å². The van der Waals surface area contributed by atoms with Gasteiger partial charge in [0.25, 0.3) is 0 Å². The second-order valence-electron chi connectivity index (χ2n) is 9.52. The zero-order chi connectivity index (χ0) is 24.5. The summed E-state index contributed by atoms with van der Waals surface area (Å²) in [5, 5.41) is 1.48. The standard InChI is InChI=1S/C31H40NO2P/c1-4-31(5-2,35-29-20-11-10-17-26(29)23-32-21-12-7-13-22-32)27-18-14-19-28(33-3)30(27)34-24-25-15-8-6-9-16-25/h6,8-11,14-20,35H,4-5,7,12-13,21-24H2,1-3H3. The van der Waals surface area contributed by atoms with Crippen molar-refractivity contribution in [2.75, 3.05) is 20.2 Å². The summed E-state index contributed by atoms with van der Waals surface area (Å²) in [7, 11) is 2.41. The van der Waals surface area contributed by atoms with Crippen LogP contribution in [-0.4, -0.2) is 25.1 Å². The molecule has 1 unspecified atom stereocenters. The monoisotopic (exact) mass is 489 g/mol. The highest BCUT2D eigenvalue weighted by Gasteiger charge is 2.34. The highest BCUT2D eigenvalue weighted by molar-refractivity contribution is 7.48. The lowest BCUT2D eigenvalue weighted by Gasteiger charge is -2.36. The highest BCUT2D eigenvalue weighted by atomic mass is 31.1. The van der Waals surface area contributed by atoms with Gasteiger partial charge in [-0.1, -0.05) is 95.6 Å². The van der Waals surface area contributed by atoms with Gasteiger partial charge in [0.15, 0.2) is 11.5 Å². The van der Waals surface area contributed by atoms with Gasteiger partial charge in [0.2, 0.25) is 0 Å². The molecule has 1 aliphatic heterocycles. The third-order valence-electron chi connectivity index (χ3n) is 7.38. The maximum Gasteiger partial charge on any atom is 0.165 e. The molecule has 1 aliphatic rings. The number of benzene rings is 3. The first kappa shape index (κ1) is 25.7. The first-order valence-corrected chi connectivity index (χ1v) is 14.1. The quantitative estimate of drug-likeness (QED) is 0.264. The second kappa shape index (κ2) is 12.6. The number of ether oxygens (including phenoxy) is 2. The van der Waals surface area contributed by atoms with Crippen LogP contribution in [0.2, 0.25) is 0 Å². The van der Waals surface area contributed by atoms with Crippen molar-refractivity contribution in [1.29, 1.82) is 0 Å². The molecular formula is C31H40NO2P. The second-order valence-corrected chi connectivity index (χ2v) is 11.3. The summed E-state index contributed by atoms with van der Waals surface area (Å²) in [5.74, 6) is 1.71. The van der Waals surface area contributed by atoms with Gasteiger partial charge >= 0.3 is 0 Å². The third-order valence-corrected chi connectivity index (χ3v) is 9.59. The molecule has 3 aromatic rings. The van der Waals surface area contributed by atoms with Crippen LogP contribution < -0.4 is 14.8 Å². The van der Waals surface area contributed by atoms with Gasteiger partial charge < -0.3 is 9.47 Å². The number of nitrogens with zero attached hydrogens (tertiary/aromatic N) is 1. The summed E-state index contributed by atoms with van der Waals surface area (Å²) in [4.78, 5) is 2.63. The molecule has 4 rings (SSSR count). The molecule has 0 spiro atoms. The number of hydrogen-bond donors (Lipinski definition) is 0. The number of piperidine rings is 1. The molecule has 0 N–H and O–H groups in total. The molecule has 0 bridgehead atoms. The molecule has 35 heavy (non-hydrogen) atoms. The molecule has 0 radical (unpaired) electrons. The van der Waals surface area contributed by atoms with Gasteiger partial charge in [0, 0.05) is 17.3 Å². The van der Waals surface area contributed by atoms with Crippen LogP contribution in [0, 0.1) is 0 Å². The smallest absolute Gasteiger partial charge is 0.165 e. The van der Waals surface area contributed by atoms with E-state index in [2.05, 4.69) is 79.4 Å². The summed E-state index contributed by atoms with van der Waals surface area (Å²) < 4.78 is 12.3. The Morgan fingerprint density at radius 3 is 2.26 bits per heavy atom. The Hall–Kier alpha value is -2.35. The molecule has 1 atom stereocenters. The number of likely N-dealkylation sites (tertiary alicyclic amines) is 1. The van der Waals surface area contributed by atoms with Crippen molar-refractivity contribution >= 4 is 13.9 Å². The predicted octanol–water partition coefficient (Wildman–Crippen LogP) is 7.28. The van der Waals surface area contributed by atoms with Gasteiger partial charge in [0.1, 0.15) is 6.61 Å². The lowest BCUT2D eigenvalue weighted by atomic mass is 9.91. The van der Waals surface area contributed by atoms with E-state index in [0.29, 0.717) is 15.2 Å². The van der Waals surface area contributed by atoms with Crippen LogP contribution in [0.1, 0.15) is 62.6 Å². The van der Waals surface area contributed by atoms with Gasteiger partial charge in [-0.3, -0.25) is 4.90 Å². The Morgan fingerprint density at radius 1 is 0.829 bits per heavy atom. The molecule has 186 valence electrons. The molecular weight excluding hydrogens is 449 g/mol. The SMILES string of the molecule is CCC(CC)(Pc1ccccc1CN1CCCCC1)c1cccc(OC)c1OCc1ccccc1. The fraction of sp³-hybridized carbons (Fsp3) is 0.419. The fourth-order valence-corrected chi connectivity index (χ4v) is 6.91. The molecule has 1 saturated heterocycles. The Morgan fingerprint density at radius 2 is 1.54 bits per heavy atom. The zero-order valence-corrected chi connectivity index (χ0v) is 22.6. The first-order valence-electron chi connectivity index (χ1n) is 13.1. The average molecular weight is 490 g/mol. The van der Waals surface area contributed by atoms with E-state index in [1.807, 2.05) is 12.1 Å². The van der Waals surface area contributed by atoms with E-state index >= 15 is 0 Å². The number of methoxy groups -OCH3 is 1. The topological polar surface area (TPSA) is 21.7 Å². The van der Waals surface area contributed by atoms with Crippen molar-refractivity contribution < 1.29 is 9.47 Å². The minimum absolute atomic E-state index is 0.00143.